The maximum absolute atomic E-state index is 13.7. The molecule has 0 bridgehead atoms. The maximum Gasteiger partial charge on any atom is 0.126 e. The van der Waals surface area contributed by atoms with Crippen molar-refractivity contribution in [2.24, 2.45) is 0 Å². The van der Waals surface area contributed by atoms with Gasteiger partial charge in [0.1, 0.15) is 5.82 Å². The molecule has 1 aliphatic carbocycles. The van der Waals surface area contributed by atoms with Crippen LogP contribution in [-0.2, 0) is 0 Å². The normalized spacial score (nSPS) is 22.6. The summed E-state index contributed by atoms with van der Waals surface area (Å²) in [6.45, 7) is 4.30. The Labute approximate surface area is 126 Å². The summed E-state index contributed by atoms with van der Waals surface area (Å²) in [5.41, 5.74) is 3.47. The van der Waals surface area contributed by atoms with Crippen LogP contribution in [0.15, 0.2) is 48.5 Å². The Morgan fingerprint density at radius 2 is 1.71 bits per heavy atom. The molecule has 1 atom stereocenters. The fourth-order valence-corrected chi connectivity index (χ4v) is 3.12. The van der Waals surface area contributed by atoms with E-state index in [1.807, 2.05) is 12.1 Å². The van der Waals surface area contributed by atoms with E-state index in [-0.39, 0.29) is 5.82 Å². The van der Waals surface area contributed by atoms with Gasteiger partial charge in [0.05, 0.1) is 0 Å². The third-order valence-corrected chi connectivity index (χ3v) is 4.55. The van der Waals surface area contributed by atoms with E-state index >= 15 is 0 Å². The molecule has 0 aromatic heterocycles. The van der Waals surface area contributed by atoms with Crippen LogP contribution >= 0.6 is 0 Å². The SMILES string of the molecule is Cc1ccc(C(C)NC2CC(c3ccccc3F)C2)cc1. The quantitative estimate of drug-likeness (QED) is 0.855. The molecule has 1 fully saturated rings. The standard InChI is InChI=1S/C19H22FN/c1-13-7-9-15(10-8-13)14(2)21-17-11-16(12-17)18-5-3-4-6-19(18)20/h3-10,14,16-17,21H,11-12H2,1-2H3. The lowest BCUT2D eigenvalue weighted by Gasteiger charge is -2.38. The highest BCUT2D eigenvalue weighted by atomic mass is 19.1. The van der Waals surface area contributed by atoms with E-state index < -0.39 is 0 Å². The first kappa shape index (κ1) is 14.3. The first-order valence-corrected chi connectivity index (χ1v) is 7.70. The van der Waals surface area contributed by atoms with Crippen molar-refractivity contribution in [1.82, 2.24) is 5.32 Å². The first-order valence-electron chi connectivity index (χ1n) is 7.70. The first-order chi connectivity index (χ1) is 10.1. The van der Waals surface area contributed by atoms with Gasteiger partial charge in [-0.2, -0.15) is 0 Å². The van der Waals surface area contributed by atoms with Crippen molar-refractivity contribution < 1.29 is 4.39 Å². The van der Waals surface area contributed by atoms with E-state index in [0.29, 0.717) is 18.0 Å². The van der Waals surface area contributed by atoms with Crippen molar-refractivity contribution in [2.75, 3.05) is 0 Å². The maximum atomic E-state index is 13.7. The van der Waals surface area contributed by atoms with Gasteiger partial charge in [-0.15, -0.1) is 0 Å². The van der Waals surface area contributed by atoms with E-state index in [1.54, 1.807) is 12.1 Å². The van der Waals surface area contributed by atoms with Crippen LogP contribution in [0.4, 0.5) is 4.39 Å². The highest BCUT2D eigenvalue weighted by molar-refractivity contribution is 5.26. The van der Waals surface area contributed by atoms with Gasteiger partial charge < -0.3 is 5.32 Å². The summed E-state index contributed by atoms with van der Waals surface area (Å²) >= 11 is 0. The highest BCUT2D eigenvalue weighted by Crippen LogP contribution is 2.38. The second kappa shape index (κ2) is 5.98. The Morgan fingerprint density at radius 3 is 2.38 bits per heavy atom. The summed E-state index contributed by atoms with van der Waals surface area (Å²) in [7, 11) is 0. The second-order valence-electron chi connectivity index (χ2n) is 6.19. The number of hydrogen-bond acceptors (Lipinski definition) is 1. The van der Waals surface area contributed by atoms with Crippen LogP contribution in [0.5, 0.6) is 0 Å². The van der Waals surface area contributed by atoms with Gasteiger partial charge in [0, 0.05) is 12.1 Å². The van der Waals surface area contributed by atoms with Gasteiger partial charge in [-0.1, -0.05) is 48.0 Å². The fraction of sp³-hybridized carbons (Fsp3) is 0.368. The van der Waals surface area contributed by atoms with Crippen LogP contribution in [0.1, 0.15) is 48.4 Å². The molecule has 1 N–H and O–H groups in total. The third-order valence-electron chi connectivity index (χ3n) is 4.55. The smallest absolute Gasteiger partial charge is 0.126 e. The molecule has 1 aliphatic rings. The van der Waals surface area contributed by atoms with Gasteiger partial charge in [-0.3, -0.25) is 0 Å². The molecule has 0 spiro atoms. The van der Waals surface area contributed by atoms with E-state index in [2.05, 4.69) is 43.4 Å². The molecule has 0 saturated heterocycles. The molecule has 1 nitrogen and oxygen atoms in total. The van der Waals surface area contributed by atoms with Crippen molar-refractivity contribution in [3.63, 3.8) is 0 Å². The Hall–Kier alpha value is -1.67. The molecule has 2 heteroatoms. The largest absolute Gasteiger partial charge is 0.307 e. The topological polar surface area (TPSA) is 12.0 Å². The van der Waals surface area contributed by atoms with Crippen molar-refractivity contribution in [3.05, 3.63) is 71.0 Å². The predicted molar refractivity (Wildman–Crippen MR) is 84.9 cm³/mol. The van der Waals surface area contributed by atoms with Crippen LogP contribution in [0, 0.1) is 12.7 Å². The summed E-state index contributed by atoms with van der Waals surface area (Å²) in [6.07, 6.45) is 2.05. The zero-order valence-corrected chi connectivity index (χ0v) is 12.6. The van der Waals surface area contributed by atoms with Crippen molar-refractivity contribution in [1.29, 1.82) is 0 Å². The van der Waals surface area contributed by atoms with Crippen LogP contribution < -0.4 is 5.32 Å². The Bertz CT molecular complexity index is 599. The summed E-state index contributed by atoms with van der Waals surface area (Å²) in [6, 6.07) is 16.7. The van der Waals surface area contributed by atoms with Gasteiger partial charge in [0.25, 0.3) is 0 Å². The molecular weight excluding hydrogens is 261 g/mol. The minimum absolute atomic E-state index is 0.0625. The molecule has 1 saturated carbocycles. The van der Waals surface area contributed by atoms with Gasteiger partial charge in [-0.05, 0) is 49.8 Å². The van der Waals surface area contributed by atoms with Gasteiger partial charge in [0.2, 0.25) is 0 Å². The average molecular weight is 283 g/mol. The number of nitrogens with one attached hydrogen (secondary N) is 1. The second-order valence-corrected chi connectivity index (χ2v) is 6.19. The zero-order chi connectivity index (χ0) is 14.8. The summed E-state index contributed by atoms with van der Waals surface area (Å²) in [5, 5.41) is 3.65. The fourth-order valence-electron chi connectivity index (χ4n) is 3.12. The Kier molecular flexibility index (Phi) is 4.07. The third kappa shape index (κ3) is 3.16. The Morgan fingerprint density at radius 1 is 1.05 bits per heavy atom. The molecule has 21 heavy (non-hydrogen) atoms. The average Bonchev–Trinajstić information content (AvgIpc) is 2.44. The van der Waals surface area contributed by atoms with Crippen LogP contribution in [0.2, 0.25) is 0 Å². The van der Waals surface area contributed by atoms with Crippen molar-refractivity contribution in [3.8, 4) is 0 Å². The number of aryl methyl sites for hydroxylation is 1. The molecule has 0 heterocycles. The van der Waals surface area contributed by atoms with Crippen molar-refractivity contribution >= 4 is 0 Å². The molecule has 0 aliphatic heterocycles. The molecule has 1 unspecified atom stereocenters. The van der Waals surface area contributed by atoms with Gasteiger partial charge in [-0.25, -0.2) is 4.39 Å². The monoisotopic (exact) mass is 283 g/mol. The molecule has 0 radical (unpaired) electrons. The van der Waals surface area contributed by atoms with Gasteiger partial charge in [0.15, 0.2) is 0 Å². The van der Waals surface area contributed by atoms with Gasteiger partial charge >= 0.3 is 0 Å². The lowest BCUT2D eigenvalue weighted by atomic mass is 9.75. The number of benzene rings is 2. The summed E-state index contributed by atoms with van der Waals surface area (Å²) in [4.78, 5) is 0. The predicted octanol–water partition coefficient (Wildman–Crippen LogP) is 4.73. The summed E-state index contributed by atoms with van der Waals surface area (Å²) in [5.74, 6) is 0.307. The lowest BCUT2D eigenvalue weighted by molar-refractivity contribution is 0.266. The molecular formula is C19H22FN. The van der Waals surface area contributed by atoms with E-state index in [4.69, 9.17) is 0 Å². The van der Waals surface area contributed by atoms with E-state index in [9.17, 15) is 4.39 Å². The number of rotatable bonds is 4. The molecule has 2 aromatic carbocycles. The van der Waals surface area contributed by atoms with Crippen LogP contribution in [0.3, 0.4) is 0 Å². The minimum atomic E-state index is -0.0625. The van der Waals surface area contributed by atoms with E-state index in [1.165, 1.54) is 11.1 Å². The summed E-state index contributed by atoms with van der Waals surface area (Å²) < 4.78 is 13.7. The number of halogens is 1. The molecule has 3 rings (SSSR count). The molecule has 2 aromatic rings. The molecule has 0 amide bonds. The zero-order valence-electron chi connectivity index (χ0n) is 12.6. The van der Waals surface area contributed by atoms with Crippen LogP contribution in [-0.4, -0.2) is 6.04 Å². The molecule has 110 valence electrons. The van der Waals surface area contributed by atoms with Crippen LogP contribution in [0.25, 0.3) is 0 Å². The lowest BCUT2D eigenvalue weighted by Crippen LogP contribution is -2.41. The van der Waals surface area contributed by atoms with E-state index in [0.717, 1.165) is 18.4 Å². The Balaban J connectivity index is 1.55. The van der Waals surface area contributed by atoms with Crippen molar-refractivity contribution in [2.45, 2.75) is 44.7 Å². The highest BCUT2D eigenvalue weighted by Gasteiger charge is 2.32. The minimum Gasteiger partial charge on any atom is -0.307 e. The number of hydrogen-bond donors (Lipinski definition) is 1.